The Labute approximate surface area is 194 Å². The lowest BCUT2D eigenvalue weighted by atomic mass is 9.88. The fourth-order valence-electron chi connectivity index (χ4n) is 4.27. The first-order valence-corrected chi connectivity index (χ1v) is 12.4. The van der Waals surface area contributed by atoms with E-state index in [0.717, 1.165) is 12.0 Å². The first kappa shape index (κ1) is 24.0. The standard InChI is InChI=1S/C25H33N3O3S/c1-3-27(4-2)25(31)23(26-24(30)21-11-8-18-32-21)20-14-16-28(17-15-20)22(29)13-12-19-9-6-5-7-10-19/h5-11,18,20,23H,3-4,12-17H2,1-2H3,(H,26,30)/t23-/m1/s1. The summed E-state index contributed by atoms with van der Waals surface area (Å²) in [6.45, 7) is 6.36. The second kappa shape index (κ2) is 11.8. The number of thiophene rings is 1. The molecule has 1 fully saturated rings. The van der Waals surface area contributed by atoms with Gasteiger partial charge in [-0.15, -0.1) is 11.3 Å². The molecule has 2 heterocycles. The number of aryl methyl sites for hydroxylation is 1. The van der Waals surface area contributed by atoms with Crippen LogP contribution in [0.25, 0.3) is 0 Å². The summed E-state index contributed by atoms with van der Waals surface area (Å²) in [4.78, 5) is 42.9. The molecule has 1 aliphatic rings. The van der Waals surface area contributed by atoms with Gasteiger partial charge < -0.3 is 15.1 Å². The third-order valence-electron chi connectivity index (χ3n) is 6.21. The van der Waals surface area contributed by atoms with E-state index in [9.17, 15) is 14.4 Å². The Morgan fingerprint density at radius 2 is 1.75 bits per heavy atom. The number of likely N-dealkylation sites (N-methyl/N-ethyl adjacent to an activating group) is 1. The highest BCUT2D eigenvalue weighted by molar-refractivity contribution is 7.12. The summed E-state index contributed by atoms with van der Waals surface area (Å²) in [5.74, 6) is -0.0626. The zero-order chi connectivity index (χ0) is 22.9. The second-order valence-corrected chi connectivity index (χ2v) is 9.09. The number of likely N-dealkylation sites (tertiary alicyclic amines) is 1. The Hall–Kier alpha value is -2.67. The maximum atomic E-state index is 13.2. The van der Waals surface area contributed by atoms with Gasteiger partial charge in [0.25, 0.3) is 5.91 Å². The van der Waals surface area contributed by atoms with E-state index in [1.807, 2.05) is 60.5 Å². The quantitative estimate of drug-likeness (QED) is 0.628. The molecule has 0 bridgehead atoms. The smallest absolute Gasteiger partial charge is 0.262 e. The highest BCUT2D eigenvalue weighted by atomic mass is 32.1. The van der Waals surface area contributed by atoms with Crippen molar-refractivity contribution in [1.82, 2.24) is 15.1 Å². The SMILES string of the molecule is CCN(CC)C(=O)[C@H](NC(=O)c1cccs1)C1CCN(C(=O)CCc2ccccc2)CC1. The van der Waals surface area contributed by atoms with Gasteiger partial charge in [-0.2, -0.15) is 0 Å². The molecule has 6 nitrogen and oxygen atoms in total. The minimum atomic E-state index is -0.564. The minimum Gasteiger partial charge on any atom is -0.343 e. The fourth-order valence-corrected chi connectivity index (χ4v) is 4.90. The average molecular weight is 456 g/mol. The van der Waals surface area contributed by atoms with Gasteiger partial charge in [-0.25, -0.2) is 0 Å². The zero-order valence-corrected chi connectivity index (χ0v) is 19.8. The first-order chi connectivity index (χ1) is 15.5. The number of nitrogens with one attached hydrogen (secondary N) is 1. The lowest BCUT2D eigenvalue weighted by molar-refractivity contribution is -0.136. The largest absolute Gasteiger partial charge is 0.343 e. The highest BCUT2D eigenvalue weighted by Crippen LogP contribution is 2.24. The van der Waals surface area contributed by atoms with E-state index in [1.165, 1.54) is 11.3 Å². The van der Waals surface area contributed by atoms with Crippen molar-refractivity contribution < 1.29 is 14.4 Å². The van der Waals surface area contributed by atoms with Crippen LogP contribution in [0, 0.1) is 5.92 Å². The van der Waals surface area contributed by atoms with Crippen LogP contribution in [0.1, 0.15) is 48.3 Å². The lowest BCUT2D eigenvalue weighted by Gasteiger charge is -2.37. The Morgan fingerprint density at radius 3 is 2.34 bits per heavy atom. The van der Waals surface area contributed by atoms with Crippen LogP contribution < -0.4 is 5.32 Å². The van der Waals surface area contributed by atoms with Crippen LogP contribution in [-0.2, 0) is 16.0 Å². The van der Waals surface area contributed by atoms with Crippen LogP contribution in [-0.4, -0.2) is 59.7 Å². The normalized spacial score (nSPS) is 15.2. The van der Waals surface area contributed by atoms with Gasteiger partial charge in [0.2, 0.25) is 11.8 Å². The van der Waals surface area contributed by atoms with E-state index in [0.29, 0.717) is 50.3 Å². The van der Waals surface area contributed by atoms with E-state index in [4.69, 9.17) is 0 Å². The van der Waals surface area contributed by atoms with Crippen molar-refractivity contribution >= 4 is 29.1 Å². The maximum Gasteiger partial charge on any atom is 0.262 e. The Morgan fingerprint density at radius 1 is 1.06 bits per heavy atom. The third kappa shape index (κ3) is 6.19. The maximum absolute atomic E-state index is 13.2. The predicted octanol–water partition coefficient (Wildman–Crippen LogP) is 3.59. The highest BCUT2D eigenvalue weighted by Gasteiger charge is 2.35. The average Bonchev–Trinajstić information content (AvgIpc) is 3.37. The molecule has 0 aliphatic carbocycles. The molecule has 1 aromatic carbocycles. The number of carbonyl (C=O) groups is 3. The molecular weight excluding hydrogens is 422 g/mol. The molecule has 1 N–H and O–H groups in total. The number of piperidine rings is 1. The van der Waals surface area contributed by atoms with Crippen LogP contribution in [0.2, 0.25) is 0 Å². The van der Waals surface area contributed by atoms with Gasteiger partial charge in [0.1, 0.15) is 6.04 Å². The van der Waals surface area contributed by atoms with Crippen LogP contribution in [0.5, 0.6) is 0 Å². The van der Waals surface area contributed by atoms with Crippen LogP contribution in [0.3, 0.4) is 0 Å². The summed E-state index contributed by atoms with van der Waals surface area (Å²) in [5, 5.41) is 4.86. The number of carbonyl (C=O) groups excluding carboxylic acids is 3. The summed E-state index contributed by atoms with van der Waals surface area (Å²) < 4.78 is 0. The van der Waals surface area contributed by atoms with E-state index in [1.54, 1.807) is 11.0 Å². The van der Waals surface area contributed by atoms with Crippen LogP contribution >= 0.6 is 11.3 Å². The number of rotatable bonds is 9. The first-order valence-electron chi connectivity index (χ1n) is 11.5. The van der Waals surface area contributed by atoms with Crippen molar-refractivity contribution in [3.8, 4) is 0 Å². The van der Waals surface area contributed by atoms with Crippen LogP contribution in [0.15, 0.2) is 47.8 Å². The number of hydrogen-bond donors (Lipinski definition) is 1. The van der Waals surface area contributed by atoms with Crippen molar-refractivity contribution in [2.75, 3.05) is 26.2 Å². The van der Waals surface area contributed by atoms with Gasteiger partial charge in [0.15, 0.2) is 0 Å². The molecule has 172 valence electrons. The van der Waals surface area contributed by atoms with Gasteiger partial charge >= 0.3 is 0 Å². The molecule has 1 aromatic heterocycles. The van der Waals surface area contributed by atoms with Gasteiger partial charge in [-0.3, -0.25) is 14.4 Å². The predicted molar refractivity (Wildman–Crippen MR) is 128 cm³/mol. The molecule has 2 aromatic rings. The molecule has 1 atom stereocenters. The molecule has 0 saturated carbocycles. The summed E-state index contributed by atoms with van der Waals surface area (Å²) in [6, 6.07) is 13.1. The molecule has 32 heavy (non-hydrogen) atoms. The van der Waals surface area contributed by atoms with Crippen molar-refractivity contribution in [3.05, 3.63) is 58.3 Å². The number of hydrogen-bond acceptors (Lipinski definition) is 4. The third-order valence-corrected chi connectivity index (χ3v) is 7.08. The molecule has 3 amide bonds. The fraction of sp³-hybridized carbons (Fsp3) is 0.480. The lowest BCUT2D eigenvalue weighted by Crippen LogP contribution is -2.54. The number of amides is 3. The topological polar surface area (TPSA) is 69.7 Å². The molecule has 0 radical (unpaired) electrons. The van der Waals surface area contributed by atoms with E-state index in [-0.39, 0.29) is 23.6 Å². The van der Waals surface area contributed by atoms with Gasteiger partial charge in [-0.1, -0.05) is 36.4 Å². The Balaban J connectivity index is 1.60. The van der Waals surface area contributed by atoms with Gasteiger partial charge in [0.05, 0.1) is 4.88 Å². The minimum absolute atomic E-state index is 0.0187. The van der Waals surface area contributed by atoms with Gasteiger partial charge in [0, 0.05) is 32.6 Å². The molecule has 0 unspecified atom stereocenters. The molecular formula is C25H33N3O3S. The molecule has 1 saturated heterocycles. The van der Waals surface area contributed by atoms with E-state index in [2.05, 4.69) is 5.32 Å². The van der Waals surface area contributed by atoms with Crippen molar-refractivity contribution in [3.63, 3.8) is 0 Å². The summed E-state index contributed by atoms with van der Waals surface area (Å²) >= 11 is 1.37. The molecule has 0 spiro atoms. The van der Waals surface area contributed by atoms with Gasteiger partial charge in [-0.05, 0) is 56.0 Å². The summed E-state index contributed by atoms with van der Waals surface area (Å²) in [7, 11) is 0. The summed E-state index contributed by atoms with van der Waals surface area (Å²) in [5.41, 5.74) is 1.16. The molecule has 7 heteroatoms. The van der Waals surface area contributed by atoms with E-state index >= 15 is 0 Å². The number of nitrogens with zero attached hydrogens (tertiary/aromatic N) is 2. The second-order valence-electron chi connectivity index (χ2n) is 8.14. The van der Waals surface area contributed by atoms with Crippen LogP contribution in [0.4, 0.5) is 0 Å². The molecule has 3 rings (SSSR count). The summed E-state index contributed by atoms with van der Waals surface area (Å²) in [6.07, 6.45) is 2.64. The zero-order valence-electron chi connectivity index (χ0n) is 19.0. The molecule has 1 aliphatic heterocycles. The Kier molecular flexibility index (Phi) is 8.85. The van der Waals surface area contributed by atoms with Crippen molar-refractivity contribution in [2.24, 2.45) is 5.92 Å². The van der Waals surface area contributed by atoms with E-state index < -0.39 is 6.04 Å². The Bertz CT molecular complexity index is 873. The monoisotopic (exact) mass is 455 g/mol. The number of benzene rings is 1. The van der Waals surface area contributed by atoms with Crippen molar-refractivity contribution in [1.29, 1.82) is 0 Å². The van der Waals surface area contributed by atoms with Crippen molar-refractivity contribution in [2.45, 2.75) is 45.6 Å².